The highest BCUT2D eigenvalue weighted by molar-refractivity contribution is 7.80. The molecule has 0 spiro atoms. The molecule has 5 rings (SSSR count). The maximum Gasteiger partial charge on any atom is 0.293 e. The molecule has 3 aliphatic rings. The van der Waals surface area contributed by atoms with Gasteiger partial charge in [-0.15, -0.1) is 0 Å². The first-order valence-corrected chi connectivity index (χ1v) is 9.60. The second-order valence-corrected chi connectivity index (χ2v) is 7.52. The van der Waals surface area contributed by atoms with Gasteiger partial charge in [-0.25, -0.2) is 0 Å². The van der Waals surface area contributed by atoms with Gasteiger partial charge in [0.25, 0.3) is 11.6 Å². The topological polar surface area (TPSA) is 101 Å². The highest BCUT2D eigenvalue weighted by Crippen LogP contribution is 2.31. The van der Waals surface area contributed by atoms with Gasteiger partial charge in [0.1, 0.15) is 5.76 Å². The van der Waals surface area contributed by atoms with E-state index in [4.69, 9.17) is 16.6 Å². The number of amides is 1. The number of thiocarbonyl (C=S) groups is 1. The third-order valence-electron chi connectivity index (χ3n) is 5.40. The van der Waals surface area contributed by atoms with Crippen LogP contribution in [0.3, 0.4) is 0 Å². The number of nitro groups is 1. The van der Waals surface area contributed by atoms with Gasteiger partial charge in [0, 0.05) is 18.7 Å². The molecule has 1 unspecified atom stereocenters. The number of hydrogen-bond donors (Lipinski definition) is 2. The van der Waals surface area contributed by atoms with E-state index in [-0.39, 0.29) is 28.4 Å². The summed E-state index contributed by atoms with van der Waals surface area (Å²) >= 11 is 5.29. The lowest BCUT2D eigenvalue weighted by Gasteiger charge is -2.45. The Labute approximate surface area is 167 Å². The molecule has 1 aromatic heterocycles. The van der Waals surface area contributed by atoms with Crippen molar-refractivity contribution < 1.29 is 14.1 Å². The molecule has 1 aromatic carbocycles. The van der Waals surface area contributed by atoms with E-state index in [9.17, 15) is 14.9 Å². The molecular weight excluding hydrogens is 380 g/mol. The van der Waals surface area contributed by atoms with Gasteiger partial charge in [0.15, 0.2) is 10.9 Å². The summed E-state index contributed by atoms with van der Waals surface area (Å²) in [5.41, 5.74) is 0.239. The molecular formula is C19H20N4O4S. The molecule has 28 heavy (non-hydrogen) atoms. The molecule has 8 nitrogen and oxygen atoms in total. The van der Waals surface area contributed by atoms with E-state index in [1.165, 1.54) is 12.1 Å². The summed E-state index contributed by atoms with van der Waals surface area (Å²) in [6.07, 6.45) is 2.29. The summed E-state index contributed by atoms with van der Waals surface area (Å²) in [5.74, 6) is 0.400. The molecule has 3 saturated heterocycles. The minimum absolute atomic E-state index is 0.0474. The van der Waals surface area contributed by atoms with Crippen molar-refractivity contribution in [2.45, 2.75) is 18.9 Å². The molecule has 2 bridgehead atoms. The van der Waals surface area contributed by atoms with Crippen LogP contribution in [0.5, 0.6) is 0 Å². The molecule has 9 heteroatoms. The molecule has 2 aromatic rings. The maximum atomic E-state index is 12.4. The van der Waals surface area contributed by atoms with Gasteiger partial charge in [-0.2, -0.15) is 0 Å². The Morgan fingerprint density at radius 1 is 1.21 bits per heavy atom. The molecule has 0 radical (unpaired) electrons. The Bertz CT molecular complexity index is 920. The fourth-order valence-electron chi connectivity index (χ4n) is 3.94. The number of carbonyl (C=O) groups excluding carboxylic acids is 1. The highest BCUT2D eigenvalue weighted by Gasteiger charge is 2.34. The maximum absolute atomic E-state index is 12.4. The molecule has 3 fully saturated rings. The number of para-hydroxylation sites is 1. The normalized spacial score (nSPS) is 23.2. The van der Waals surface area contributed by atoms with E-state index < -0.39 is 10.8 Å². The number of piperidine rings is 3. The third kappa shape index (κ3) is 3.76. The van der Waals surface area contributed by atoms with Crippen LogP contribution in [0.4, 0.5) is 5.69 Å². The summed E-state index contributed by atoms with van der Waals surface area (Å²) in [6, 6.07) is 9.51. The van der Waals surface area contributed by atoms with E-state index in [0.29, 0.717) is 11.5 Å². The smallest absolute Gasteiger partial charge is 0.293 e. The van der Waals surface area contributed by atoms with Gasteiger partial charge in [0.05, 0.1) is 10.5 Å². The summed E-state index contributed by atoms with van der Waals surface area (Å²) < 4.78 is 5.55. The first-order chi connectivity index (χ1) is 13.5. The van der Waals surface area contributed by atoms with Crippen molar-refractivity contribution in [1.82, 2.24) is 15.5 Å². The van der Waals surface area contributed by atoms with Crippen LogP contribution in [0.25, 0.3) is 11.3 Å². The Morgan fingerprint density at radius 2 is 1.96 bits per heavy atom. The number of nitro benzene ring substituents is 1. The Kier molecular flexibility index (Phi) is 5.10. The van der Waals surface area contributed by atoms with Crippen molar-refractivity contribution in [2.75, 3.05) is 19.6 Å². The van der Waals surface area contributed by atoms with Crippen LogP contribution in [-0.4, -0.2) is 46.5 Å². The van der Waals surface area contributed by atoms with Crippen LogP contribution in [0.15, 0.2) is 40.8 Å². The first kappa shape index (κ1) is 18.6. The third-order valence-corrected chi connectivity index (χ3v) is 5.62. The van der Waals surface area contributed by atoms with E-state index in [1.54, 1.807) is 24.3 Å². The molecule has 3 aliphatic heterocycles. The average Bonchev–Trinajstić information content (AvgIpc) is 3.19. The number of benzene rings is 1. The van der Waals surface area contributed by atoms with E-state index in [0.717, 1.165) is 32.5 Å². The van der Waals surface area contributed by atoms with E-state index in [1.807, 2.05) is 0 Å². The minimum atomic E-state index is -0.483. The Hall–Kier alpha value is -2.78. The summed E-state index contributed by atoms with van der Waals surface area (Å²) in [4.78, 5) is 25.5. The van der Waals surface area contributed by atoms with Crippen LogP contribution < -0.4 is 10.6 Å². The second-order valence-electron chi connectivity index (χ2n) is 7.11. The lowest BCUT2D eigenvalue weighted by atomic mass is 9.84. The predicted octanol–water partition coefficient (Wildman–Crippen LogP) is 2.55. The summed E-state index contributed by atoms with van der Waals surface area (Å²) in [5, 5.41) is 17.3. The summed E-state index contributed by atoms with van der Waals surface area (Å²) in [6.45, 7) is 3.19. The molecule has 0 aliphatic carbocycles. The zero-order valence-electron chi connectivity index (χ0n) is 15.1. The fraction of sp³-hybridized carbons (Fsp3) is 0.368. The molecule has 4 heterocycles. The van der Waals surface area contributed by atoms with Gasteiger partial charge in [-0.05, 0) is 62.3 Å². The van der Waals surface area contributed by atoms with Crippen molar-refractivity contribution >= 4 is 28.9 Å². The van der Waals surface area contributed by atoms with Crippen molar-refractivity contribution in [3.05, 3.63) is 52.3 Å². The Balaban J connectivity index is 1.41. The number of furan rings is 1. The number of nitrogens with one attached hydrogen (secondary N) is 2. The van der Waals surface area contributed by atoms with Gasteiger partial charge in [-0.1, -0.05) is 12.1 Å². The van der Waals surface area contributed by atoms with Crippen LogP contribution in [0.2, 0.25) is 0 Å². The molecule has 146 valence electrons. The first-order valence-electron chi connectivity index (χ1n) is 9.19. The number of carbonyl (C=O) groups is 1. The van der Waals surface area contributed by atoms with Crippen LogP contribution in [-0.2, 0) is 0 Å². The average molecular weight is 400 g/mol. The predicted molar refractivity (Wildman–Crippen MR) is 107 cm³/mol. The van der Waals surface area contributed by atoms with Crippen LogP contribution >= 0.6 is 12.2 Å². The fourth-order valence-corrected chi connectivity index (χ4v) is 4.19. The molecule has 1 atom stereocenters. The zero-order valence-corrected chi connectivity index (χ0v) is 15.9. The minimum Gasteiger partial charge on any atom is -0.451 e. The number of hydrogen-bond acceptors (Lipinski definition) is 6. The van der Waals surface area contributed by atoms with E-state index in [2.05, 4.69) is 15.5 Å². The number of fused-ring (bicyclic) bond motifs is 3. The van der Waals surface area contributed by atoms with Crippen molar-refractivity contribution in [3.8, 4) is 11.3 Å². The monoisotopic (exact) mass is 400 g/mol. The largest absolute Gasteiger partial charge is 0.451 e. The highest BCUT2D eigenvalue weighted by atomic mass is 32.1. The second kappa shape index (κ2) is 7.69. The van der Waals surface area contributed by atoms with Crippen molar-refractivity contribution in [1.29, 1.82) is 0 Å². The molecule has 0 saturated carbocycles. The number of rotatable bonds is 4. The summed E-state index contributed by atoms with van der Waals surface area (Å²) in [7, 11) is 0. The van der Waals surface area contributed by atoms with Crippen molar-refractivity contribution in [3.63, 3.8) is 0 Å². The van der Waals surface area contributed by atoms with Gasteiger partial charge < -0.3 is 14.6 Å². The van der Waals surface area contributed by atoms with Crippen LogP contribution in [0, 0.1) is 16.0 Å². The van der Waals surface area contributed by atoms with Gasteiger partial charge in [0.2, 0.25) is 0 Å². The molecule has 1 amide bonds. The van der Waals surface area contributed by atoms with Crippen LogP contribution in [0.1, 0.15) is 23.4 Å². The zero-order chi connectivity index (χ0) is 19.7. The molecule has 2 N–H and O–H groups in total. The van der Waals surface area contributed by atoms with Gasteiger partial charge >= 0.3 is 0 Å². The van der Waals surface area contributed by atoms with Crippen molar-refractivity contribution in [2.24, 2.45) is 5.92 Å². The lowest BCUT2D eigenvalue weighted by molar-refractivity contribution is -0.384. The quantitative estimate of drug-likeness (QED) is 0.462. The standard InChI is InChI=1S/C19H20N4O4S/c24-18(21-19(28)20-14-11-22-9-7-12(14)8-10-22)17-6-5-16(27-17)13-3-1-2-4-15(13)23(25)26/h1-6,12,14H,7-11H2,(H2,20,21,24,28). The Morgan fingerprint density at radius 3 is 2.64 bits per heavy atom. The SMILES string of the molecule is O=C(NC(=S)NC1CN2CCC1CC2)c1ccc(-c2ccccc2[N+](=O)[O-])o1. The van der Waals surface area contributed by atoms with E-state index >= 15 is 0 Å². The lowest BCUT2D eigenvalue weighted by Crippen LogP contribution is -2.59. The van der Waals surface area contributed by atoms with Gasteiger partial charge in [-0.3, -0.25) is 20.2 Å². The number of nitrogens with zero attached hydrogens (tertiary/aromatic N) is 2.